The molecule has 0 radical (unpaired) electrons. The van der Waals surface area contributed by atoms with Crippen LogP contribution in [0.2, 0.25) is 0 Å². The van der Waals surface area contributed by atoms with E-state index in [1.165, 1.54) is 12.8 Å². The Bertz CT molecular complexity index is 959. The second kappa shape index (κ2) is 8.62. The fourth-order valence-corrected chi connectivity index (χ4v) is 3.19. The first-order valence-electron chi connectivity index (χ1n) is 9.44. The summed E-state index contributed by atoms with van der Waals surface area (Å²) in [6.07, 6.45) is 4.44. The molecule has 0 unspecified atom stereocenters. The third-order valence-electron chi connectivity index (χ3n) is 4.66. The SMILES string of the molecule is CCCCCCn1c(O)c(N=NC(=O)c2ccccc2)c2cc(C)ccc21. The summed E-state index contributed by atoms with van der Waals surface area (Å²) in [6.45, 7) is 4.88. The molecular formula is C22H25N3O2. The summed E-state index contributed by atoms with van der Waals surface area (Å²) in [5.74, 6) is -0.358. The fourth-order valence-electron chi connectivity index (χ4n) is 3.19. The van der Waals surface area contributed by atoms with Crippen LogP contribution in [0.5, 0.6) is 5.88 Å². The first-order chi connectivity index (χ1) is 13.1. The second-order valence-electron chi connectivity index (χ2n) is 6.78. The lowest BCUT2D eigenvalue weighted by Crippen LogP contribution is -1.97. The molecule has 1 heterocycles. The maximum absolute atomic E-state index is 12.2. The molecule has 0 bridgehead atoms. The number of nitrogens with zero attached hydrogens (tertiary/aromatic N) is 3. The maximum atomic E-state index is 12.2. The van der Waals surface area contributed by atoms with Crippen molar-refractivity contribution >= 4 is 22.5 Å². The standard InChI is InChI=1S/C22H25N3O2/c1-3-4-5-9-14-25-19-13-12-16(2)15-18(19)20(22(25)27)23-24-21(26)17-10-7-6-8-11-17/h6-8,10-13,15,27H,3-5,9,14H2,1-2H3. The zero-order valence-corrected chi connectivity index (χ0v) is 15.9. The molecule has 0 aliphatic carbocycles. The Morgan fingerprint density at radius 2 is 1.85 bits per heavy atom. The molecule has 27 heavy (non-hydrogen) atoms. The van der Waals surface area contributed by atoms with E-state index in [4.69, 9.17) is 0 Å². The molecular weight excluding hydrogens is 338 g/mol. The van der Waals surface area contributed by atoms with E-state index in [9.17, 15) is 9.90 Å². The number of rotatable bonds is 7. The molecule has 0 aliphatic heterocycles. The summed E-state index contributed by atoms with van der Waals surface area (Å²) in [6, 6.07) is 14.8. The van der Waals surface area contributed by atoms with Gasteiger partial charge in [0, 0.05) is 17.5 Å². The molecule has 0 saturated carbocycles. The van der Waals surface area contributed by atoms with Gasteiger partial charge in [-0.25, -0.2) is 0 Å². The van der Waals surface area contributed by atoms with Gasteiger partial charge in [-0.1, -0.05) is 56.0 Å². The number of amides is 1. The van der Waals surface area contributed by atoms with Gasteiger partial charge in [0.1, 0.15) is 0 Å². The molecule has 1 amide bonds. The lowest BCUT2D eigenvalue weighted by molar-refractivity contribution is 0.0995. The molecule has 3 rings (SSSR count). The summed E-state index contributed by atoms with van der Waals surface area (Å²) in [5.41, 5.74) is 2.81. The number of aromatic nitrogens is 1. The highest BCUT2D eigenvalue weighted by atomic mass is 16.3. The van der Waals surface area contributed by atoms with Crippen LogP contribution in [0.25, 0.3) is 10.9 Å². The van der Waals surface area contributed by atoms with Crippen LogP contribution in [-0.4, -0.2) is 15.6 Å². The van der Waals surface area contributed by atoms with Crippen molar-refractivity contribution in [2.24, 2.45) is 10.2 Å². The van der Waals surface area contributed by atoms with E-state index in [0.29, 0.717) is 17.8 Å². The van der Waals surface area contributed by atoms with Crippen LogP contribution in [0, 0.1) is 6.92 Å². The Labute approximate surface area is 159 Å². The molecule has 0 spiro atoms. The van der Waals surface area contributed by atoms with Gasteiger partial charge < -0.3 is 9.67 Å². The molecule has 5 nitrogen and oxygen atoms in total. The van der Waals surface area contributed by atoms with Crippen LogP contribution in [0.4, 0.5) is 5.69 Å². The van der Waals surface area contributed by atoms with Gasteiger partial charge in [0.2, 0.25) is 5.88 Å². The zero-order valence-electron chi connectivity index (χ0n) is 15.9. The van der Waals surface area contributed by atoms with Crippen LogP contribution < -0.4 is 0 Å². The molecule has 0 saturated heterocycles. The first kappa shape index (κ1) is 18.8. The Morgan fingerprint density at radius 3 is 2.59 bits per heavy atom. The number of hydrogen-bond donors (Lipinski definition) is 1. The smallest absolute Gasteiger partial charge is 0.295 e. The number of benzene rings is 2. The minimum absolute atomic E-state index is 0.0664. The van der Waals surface area contributed by atoms with E-state index in [1.54, 1.807) is 24.3 Å². The monoisotopic (exact) mass is 363 g/mol. The van der Waals surface area contributed by atoms with Gasteiger partial charge in [0.25, 0.3) is 5.91 Å². The normalized spacial score (nSPS) is 11.5. The van der Waals surface area contributed by atoms with Gasteiger partial charge in [-0.2, -0.15) is 0 Å². The fraction of sp³-hybridized carbons (Fsp3) is 0.318. The number of aryl methyl sites for hydroxylation is 2. The van der Waals surface area contributed by atoms with Gasteiger partial charge in [-0.05, 0) is 37.6 Å². The van der Waals surface area contributed by atoms with Crippen molar-refractivity contribution in [3.8, 4) is 5.88 Å². The van der Waals surface area contributed by atoms with E-state index < -0.39 is 5.91 Å². The van der Waals surface area contributed by atoms with Crippen molar-refractivity contribution in [1.82, 2.24) is 4.57 Å². The predicted octanol–water partition coefficient (Wildman–Crippen LogP) is 6.16. The average Bonchev–Trinajstić information content (AvgIpc) is 2.94. The van der Waals surface area contributed by atoms with Crippen LogP contribution >= 0.6 is 0 Å². The van der Waals surface area contributed by atoms with E-state index in [-0.39, 0.29) is 5.88 Å². The molecule has 2 aromatic carbocycles. The van der Waals surface area contributed by atoms with Crippen molar-refractivity contribution in [3.05, 3.63) is 59.7 Å². The Kier molecular flexibility index (Phi) is 6.01. The number of carbonyl (C=O) groups excluding carboxylic acids is 1. The van der Waals surface area contributed by atoms with Crippen LogP contribution in [0.3, 0.4) is 0 Å². The number of carbonyl (C=O) groups is 1. The molecule has 140 valence electrons. The van der Waals surface area contributed by atoms with E-state index >= 15 is 0 Å². The summed E-state index contributed by atoms with van der Waals surface area (Å²) in [4.78, 5) is 12.2. The average molecular weight is 363 g/mol. The predicted molar refractivity (Wildman–Crippen MR) is 108 cm³/mol. The number of fused-ring (bicyclic) bond motifs is 1. The molecule has 3 aromatic rings. The lowest BCUT2D eigenvalue weighted by atomic mass is 10.1. The second-order valence-corrected chi connectivity index (χ2v) is 6.78. The van der Waals surface area contributed by atoms with E-state index in [2.05, 4.69) is 17.2 Å². The van der Waals surface area contributed by atoms with Crippen LogP contribution in [0.1, 0.15) is 48.5 Å². The Morgan fingerprint density at radius 1 is 1.07 bits per heavy atom. The van der Waals surface area contributed by atoms with E-state index in [0.717, 1.165) is 29.3 Å². The third-order valence-corrected chi connectivity index (χ3v) is 4.66. The lowest BCUT2D eigenvalue weighted by Gasteiger charge is -2.06. The van der Waals surface area contributed by atoms with Crippen molar-refractivity contribution in [1.29, 1.82) is 0 Å². The zero-order chi connectivity index (χ0) is 19.2. The first-order valence-corrected chi connectivity index (χ1v) is 9.44. The van der Waals surface area contributed by atoms with Crippen molar-refractivity contribution in [3.63, 3.8) is 0 Å². The summed E-state index contributed by atoms with van der Waals surface area (Å²) >= 11 is 0. The molecule has 0 fully saturated rings. The quantitative estimate of drug-likeness (QED) is 0.403. The highest BCUT2D eigenvalue weighted by Gasteiger charge is 2.17. The Balaban J connectivity index is 1.94. The van der Waals surface area contributed by atoms with Gasteiger partial charge >= 0.3 is 0 Å². The highest BCUT2D eigenvalue weighted by molar-refractivity contribution is 5.97. The van der Waals surface area contributed by atoms with Crippen LogP contribution in [0.15, 0.2) is 58.8 Å². The molecule has 0 atom stereocenters. The Hall–Kier alpha value is -2.95. The third kappa shape index (κ3) is 4.25. The van der Waals surface area contributed by atoms with Gasteiger partial charge in [-0.3, -0.25) is 4.79 Å². The number of azo groups is 1. The van der Waals surface area contributed by atoms with Crippen molar-refractivity contribution in [2.45, 2.75) is 46.1 Å². The molecule has 5 heteroatoms. The molecule has 0 aliphatic rings. The highest BCUT2D eigenvalue weighted by Crippen LogP contribution is 2.39. The summed E-state index contributed by atoms with van der Waals surface area (Å²) < 4.78 is 1.87. The van der Waals surface area contributed by atoms with Gasteiger partial charge in [0.05, 0.1) is 5.52 Å². The largest absolute Gasteiger partial charge is 0.493 e. The van der Waals surface area contributed by atoms with E-state index in [1.807, 2.05) is 35.8 Å². The van der Waals surface area contributed by atoms with Gasteiger partial charge in [-0.15, -0.1) is 10.2 Å². The number of aromatic hydroxyl groups is 1. The molecule has 1 aromatic heterocycles. The molecule has 1 N–H and O–H groups in total. The summed E-state index contributed by atoms with van der Waals surface area (Å²) in [5, 5.41) is 19.5. The topological polar surface area (TPSA) is 66.9 Å². The maximum Gasteiger partial charge on any atom is 0.295 e. The van der Waals surface area contributed by atoms with Crippen molar-refractivity contribution < 1.29 is 9.90 Å². The van der Waals surface area contributed by atoms with Gasteiger partial charge in [0.15, 0.2) is 5.69 Å². The minimum Gasteiger partial charge on any atom is -0.493 e. The number of unbranched alkanes of at least 4 members (excludes halogenated alkanes) is 3. The number of hydrogen-bond acceptors (Lipinski definition) is 3. The van der Waals surface area contributed by atoms with Crippen molar-refractivity contribution in [2.75, 3.05) is 0 Å². The summed E-state index contributed by atoms with van der Waals surface area (Å²) in [7, 11) is 0. The minimum atomic E-state index is -0.425. The van der Waals surface area contributed by atoms with Crippen LogP contribution in [-0.2, 0) is 6.54 Å².